The number of aryl methyl sites for hydroxylation is 1. The number of hydrogen-bond donors (Lipinski definition) is 0. The van der Waals surface area contributed by atoms with Gasteiger partial charge < -0.3 is 4.74 Å². The summed E-state index contributed by atoms with van der Waals surface area (Å²) < 4.78 is 34.5. The second-order valence-electron chi connectivity index (χ2n) is 9.17. The maximum Gasteiger partial charge on any atom is 0.131 e. The third-order valence-corrected chi connectivity index (χ3v) is 6.42. The van der Waals surface area contributed by atoms with Crippen LogP contribution in [0.3, 0.4) is 0 Å². The summed E-state index contributed by atoms with van der Waals surface area (Å²) in [5.41, 5.74) is 4.29. The highest BCUT2D eigenvalue weighted by atomic mass is 19.1. The molecule has 0 fully saturated rings. The van der Waals surface area contributed by atoms with Crippen molar-refractivity contribution in [2.24, 2.45) is 0 Å². The highest BCUT2D eigenvalue weighted by Crippen LogP contribution is 2.30. The molecule has 0 aliphatic carbocycles. The van der Waals surface area contributed by atoms with Crippen LogP contribution in [0.15, 0.2) is 66.7 Å². The summed E-state index contributed by atoms with van der Waals surface area (Å²) in [6.07, 6.45) is 8.76. The molecule has 0 saturated carbocycles. The SMILES string of the molecule is CCCCCCCCCOc1ccc(-c2ccc(-c3cc(C)c4cc(F)ccc4n3)cc2F)cc1. The summed E-state index contributed by atoms with van der Waals surface area (Å²) in [6.45, 7) is 4.85. The molecule has 0 spiro atoms. The van der Waals surface area contributed by atoms with Crippen LogP contribution in [0.5, 0.6) is 5.75 Å². The molecule has 4 heteroatoms. The van der Waals surface area contributed by atoms with Gasteiger partial charge in [0.2, 0.25) is 0 Å². The average Bonchev–Trinajstić information content (AvgIpc) is 2.86. The highest BCUT2D eigenvalue weighted by Gasteiger charge is 2.11. The molecule has 0 radical (unpaired) electrons. The summed E-state index contributed by atoms with van der Waals surface area (Å²) >= 11 is 0. The minimum absolute atomic E-state index is 0.292. The van der Waals surface area contributed by atoms with Gasteiger partial charge in [0.05, 0.1) is 17.8 Å². The Bertz CT molecular complexity index is 1270. The summed E-state index contributed by atoms with van der Waals surface area (Å²) in [5.74, 6) is 0.210. The van der Waals surface area contributed by atoms with Gasteiger partial charge in [-0.15, -0.1) is 0 Å². The first kappa shape index (κ1) is 24.8. The van der Waals surface area contributed by atoms with Crippen LogP contribution in [0.4, 0.5) is 8.78 Å². The zero-order valence-electron chi connectivity index (χ0n) is 20.6. The molecule has 2 nitrogen and oxygen atoms in total. The van der Waals surface area contributed by atoms with Crippen LogP contribution in [-0.4, -0.2) is 11.6 Å². The molecule has 0 amide bonds. The molecule has 4 rings (SSSR count). The Hall–Kier alpha value is -3.27. The molecule has 0 N–H and O–H groups in total. The molecule has 0 aliphatic heterocycles. The van der Waals surface area contributed by atoms with Crippen molar-refractivity contribution in [3.05, 3.63) is 83.9 Å². The third kappa shape index (κ3) is 6.45. The Labute approximate surface area is 207 Å². The van der Waals surface area contributed by atoms with Crippen molar-refractivity contribution in [2.45, 2.75) is 58.8 Å². The van der Waals surface area contributed by atoms with Crippen molar-refractivity contribution in [1.82, 2.24) is 4.98 Å². The molecule has 1 heterocycles. The van der Waals surface area contributed by atoms with Gasteiger partial charge in [-0.25, -0.2) is 13.8 Å². The minimum Gasteiger partial charge on any atom is -0.494 e. The van der Waals surface area contributed by atoms with E-state index in [-0.39, 0.29) is 11.6 Å². The van der Waals surface area contributed by atoms with Crippen LogP contribution in [0.25, 0.3) is 33.3 Å². The van der Waals surface area contributed by atoms with Crippen LogP contribution in [0, 0.1) is 18.6 Å². The van der Waals surface area contributed by atoms with Gasteiger partial charge in [0, 0.05) is 16.5 Å². The second kappa shape index (κ2) is 11.9. The van der Waals surface area contributed by atoms with Crippen LogP contribution >= 0.6 is 0 Å². The lowest BCUT2D eigenvalue weighted by atomic mass is 10.00. The predicted octanol–water partition coefficient (Wildman–Crippen LogP) is 9.28. The molecule has 0 atom stereocenters. The topological polar surface area (TPSA) is 22.1 Å². The number of halogens is 2. The number of fused-ring (bicyclic) bond motifs is 1. The number of hydrogen-bond acceptors (Lipinski definition) is 2. The van der Waals surface area contributed by atoms with Crippen LogP contribution < -0.4 is 4.74 Å². The van der Waals surface area contributed by atoms with E-state index in [1.54, 1.807) is 12.1 Å². The fraction of sp³-hybridized carbons (Fsp3) is 0.323. The standard InChI is InChI=1S/C31H33F2NO/c1-3-4-5-6-7-8-9-18-35-26-14-10-23(11-15-26)27-16-12-24(20-29(27)33)31-19-22(2)28-21-25(32)13-17-30(28)34-31/h10-17,19-21H,3-9,18H2,1-2H3. The number of unbranched alkanes of at least 4 members (excludes halogenated alkanes) is 6. The van der Waals surface area contributed by atoms with E-state index in [4.69, 9.17) is 4.74 Å². The molecular weight excluding hydrogens is 440 g/mol. The molecule has 4 aromatic rings. The van der Waals surface area contributed by atoms with E-state index in [0.717, 1.165) is 28.7 Å². The van der Waals surface area contributed by atoms with E-state index >= 15 is 4.39 Å². The van der Waals surface area contributed by atoms with Gasteiger partial charge in [0.15, 0.2) is 0 Å². The molecule has 1 aromatic heterocycles. The van der Waals surface area contributed by atoms with Crippen molar-refractivity contribution in [1.29, 1.82) is 0 Å². The third-order valence-electron chi connectivity index (χ3n) is 6.42. The first-order valence-corrected chi connectivity index (χ1v) is 12.6. The number of benzene rings is 3. The van der Waals surface area contributed by atoms with Gasteiger partial charge in [-0.05, 0) is 66.9 Å². The highest BCUT2D eigenvalue weighted by molar-refractivity contribution is 5.85. The molecule has 0 saturated heterocycles. The normalized spacial score (nSPS) is 11.2. The van der Waals surface area contributed by atoms with Gasteiger partial charge in [-0.2, -0.15) is 0 Å². The fourth-order valence-corrected chi connectivity index (χ4v) is 4.40. The Morgan fingerprint density at radius 2 is 1.46 bits per heavy atom. The number of rotatable bonds is 11. The lowest BCUT2D eigenvalue weighted by Crippen LogP contribution is -1.97. The maximum atomic E-state index is 15.1. The van der Waals surface area contributed by atoms with Gasteiger partial charge in [0.25, 0.3) is 0 Å². The van der Waals surface area contributed by atoms with Crippen molar-refractivity contribution < 1.29 is 13.5 Å². The van der Waals surface area contributed by atoms with Crippen LogP contribution in [-0.2, 0) is 0 Å². The van der Waals surface area contributed by atoms with Crippen molar-refractivity contribution >= 4 is 10.9 Å². The lowest BCUT2D eigenvalue weighted by Gasteiger charge is -2.10. The van der Waals surface area contributed by atoms with E-state index in [9.17, 15) is 4.39 Å². The first-order chi connectivity index (χ1) is 17.0. The zero-order valence-corrected chi connectivity index (χ0v) is 20.6. The molecule has 0 aliphatic rings. The van der Waals surface area contributed by atoms with Crippen LogP contribution in [0.1, 0.15) is 57.4 Å². The van der Waals surface area contributed by atoms with Gasteiger partial charge in [-0.3, -0.25) is 0 Å². The maximum absolute atomic E-state index is 15.1. The lowest BCUT2D eigenvalue weighted by molar-refractivity contribution is 0.304. The minimum atomic E-state index is -0.308. The Kier molecular flexibility index (Phi) is 8.46. The molecule has 0 unspecified atom stereocenters. The van der Waals surface area contributed by atoms with Crippen molar-refractivity contribution in [3.8, 4) is 28.1 Å². The quantitative estimate of drug-likeness (QED) is 0.202. The summed E-state index contributed by atoms with van der Waals surface area (Å²) in [4.78, 5) is 4.61. The summed E-state index contributed by atoms with van der Waals surface area (Å²) in [5, 5.41) is 0.764. The number of pyridine rings is 1. The van der Waals surface area contributed by atoms with E-state index in [2.05, 4.69) is 11.9 Å². The molecular formula is C31H33F2NO. The van der Waals surface area contributed by atoms with Gasteiger partial charge in [0.1, 0.15) is 17.4 Å². The Balaban J connectivity index is 1.39. The fourth-order valence-electron chi connectivity index (χ4n) is 4.40. The van der Waals surface area contributed by atoms with E-state index in [1.807, 2.05) is 43.3 Å². The van der Waals surface area contributed by atoms with E-state index < -0.39 is 0 Å². The second-order valence-corrected chi connectivity index (χ2v) is 9.17. The number of nitrogens with zero attached hydrogens (tertiary/aromatic N) is 1. The molecule has 3 aromatic carbocycles. The monoisotopic (exact) mass is 473 g/mol. The van der Waals surface area contributed by atoms with E-state index in [0.29, 0.717) is 28.9 Å². The average molecular weight is 474 g/mol. The Morgan fingerprint density at radius 1 is 0.743 bits per heavy atom. The number of ether oxygens (including phenoxy) is 1. The molecule has 35 heavy (non-hydrogen) atoms. The number of aromatic nitrogens is 1. The molecule has 0 bridgehead atoms. The van der Waals surface area contributed by atoms with Crippen molar-refractivity contribution in [3.63, 3.8) is 0 Å². The summed E-state index contributed by atoms with van der Waals surface area (Å²) in [7, 11) is 0. The smallest absolute Gasteiger partial charge is 0.131 e. The largest absolute Gasteiger partial charge is 0.494 e. The summed E-state index contributed by atoms with van der Waals surface area (Å²) in [6, 6.07) is 19.2. The Morgan fingerprint density at radius 3 is 2.20 bits per heavy atom. The van der Waals surface area contributed by atoms with Crippen LogP contribution in [0.2, 0.25) is 0 Å². The van der Waals surface area contributed by atoms with Crippen molar-refractivity contribution in [2.75, 3.05) is 6.61 Å². The molecule has 182 valence electrons. The van der Waals surface area contributed by atoms with Gasteiger partial charge in [-0.1, -0.05) is 69.7 Å². The van der Waals surface area contributed by atoms with E-state index in [1.165, 1.54) is 56.7 Å². The van der Waals surface area contributed by atoms with Gasteiger partial charge >= 0.3 is 0 Å². The predicted molar refractivity (Wildman–Crippen MR) is 141 cm³/mol. The zero-order chi connectivity index (χ0) is 24.6. The first-order valence-electron chi connectivity index (χ1n) is 12.6.